The van der Waals surface area contributed by atoms with Gasteiger partial charge in [0.2, 0.25) is 6.71 Å². The van der Waals surface area contributed by atoms with Gasteiger partial charge in [0.1, 0.15) is 0 Å². The first-order valence-electron chi connectivity index (χ1n) is 15.2. The lowest BCUT2D eigenvalue weighted by atomic mass is 9.24. The minimum atomic E-state index is 0.0858. The van der Waals surface area contributed by atoms with Crippen molar-refractivity contribution in [3.8, 4) is 0 Å². The van der Waals surface area contributed by atoms with Crippen molar-refractivity contribution in [3.05, 3.63) is 131 Å². The highest BCUT2D eigenvalue weighted by molar-refractivity contribution is 6.80. The normalized spacial score (nSPS) is 24.7. The van der Waals surface area contributed by atoms with E-state index in [1.165, 1.54) is 56.1 Å². The standard InChI is InChI=1S/C38H41BN2/c1-24-8-14-29(15-9-24)40-33-18-12-26(3)20-31(33)39-32-23-28(38(5,6)7)13-19-34(32)41(30-16-10-25(2)11-17-30)36-22-27(4)21-35(40)37(36)39/h8-23,31,33,36-37H,1-7H3. The van der Waals surface area contributed by atoms with E-state index in [1.807, 2.05) is 0 Å². The summed E-state index contributed by atoms with van der Waals surface area (Å²) in [5.74, 6) is 0.715. The van der Waals surface area contributed by atoms with Crippen LogP contribution in [-0.2, 0) is 5.41 Å². The Hall–Kier alpha value is -3.72. The summed E-state index contributed by atoms with van der Waals surface area (Å²) in [7, 11) is 0. The predicted octanol–water partition coefficient (Wildman–Crippen LogP) is 8.81. The topological polar surface area (TPSA) is 6.48 Å². The predicted molar refractivity (Wildman–Crippen MR) is 177 cm³/mol. The van der Waals surface area contributed by atoms with E-state index in [0.29, 0.717) is 18.3 Å². The van der Waals surface area contributed by atoms with Gasteiger partial charge >= 0.3 is 0 Å². The minimum absolute atomic E-state index is 0.0858. The zero-order valence-corrected chi connectivity index (χ0v) is 25.5. The zero-order chi connectivity index (χ0) is 28.6. The first-order valence-corrected chi connectivity index (χ1v) is 15.2. The van der Waals surface area contributed by atoms with Crippen LogP contribution in [0.3, 0.4) is 0 Å². The van der Waals surface area contributed by atoms with Crippen molar-refractivity contribution in [2.24, 2.45) is 0 Å². The Morgan fingerprint density at radius 2 is 1.32 bits per heavy atom. The largest absolute Gasteiger partial charge is 0.339 e. The fourth-order valence-electron chi connectivity index (χ4n) is 7.72. The second-order valence-electron chi connectivity index (χ2n) is 13.8. The first-order chi connectivity index (χ1) is 19.6. The number of hydrogen-bond acceptors (Lipinski definition) is 2. The van der Waals surface area contributed by atoms with Crippen molar-refractivity contribution < 1.29 is 0 Å². The molecule has 0 aromatic heterocycles. The first kappa shape index (κ1) is 26.2. The molecule has 1 fully saturated rings. The van der Waals surface area contributed by atoms with Crippen LogP contribution in [0.1, 0.15) is 51.3 Å². The van der Waals surface area contributed by atoms with Crippen LogP contribution >= 0.6 is 0 Å². The van der Waals surface area contributed by atoms with E-state index in [2.05, 4.69) is 155 Å². The molecule has 3 aromatic rings. The molecule has 4 atom stereocenters. The lowest BCUT2D eigenvalue weighted by Gasteiger charge is -2.58. The van der Waals surface area contributed by atoms with Gasteiger partial charge in [0.05, 0.1) is 12.1 Å². The van der Waals surface area contributed by atoms with Crippen LogP contribution in [0.4, 0.5) is 17.1 Å². The van der Waals surface area contributed by atoms with Crippen molar-refractivity contribution >= 4 is 29.2 Å². The van der Waals surface area contributed by atoms with Crippen molar-refractivity contribution in [1.82, 2.24) is 0 Å². The molecule has 0 N–H and O–H groups in total. The molecule has 0 radical (unpaired) electrons. The molecule has 3 aromatic carbocycles. The van der Waals surface area contributed by atoms with Crippen molar-refractivity contribution in [2.45, 2.75) is 77.6 Å². The summed E-state index contributed by atoms with van der Waals surface area (Å²) in [6, 6.07) is 26.2. The summed E-state index contributed by atoms with van der Waals surface area (Å²) in [5.41, 5.74) is 13.7. The van der Waals surface area contributed by atoms with Crippen LogP contribution in [0.15, 0.2) is 114 Å². The third-order valence-corrected chi connectivity index (χ3v) is 9.74. The van der Waals surface area contributed by atoms with Crippen molar-refractivity contribution in [1.29, 1.82) is 0 Å². The van der Waals surface area contributed by atoms with Crippen LogP contribution < -0.4 is 15.3 Å². The maximum absolute atomic E-state index is 2.67. The molecule has 2 aliphatic heterocycles. The molecule has 4 unspecified atom stereocenters. The number of aryl methyl sites for hydroxylation is 2. The Bertz CT molecular complexity index is 1630. The summed E-state index contributed by atoms with van der Waals surface area (Å²) in [4.78, 5) is 5.31. The molecule has 2 heterocycles. The van der Waals surface area contributed by atoms with E-state index in [-0.39, 0.29) is 17.5 Å². The highest BCUT2D eigenvalue weighted by atomic mass is 15.2. The molecule has 2 nitrogen and oxygen atoms in total. The Morgan fingerprint density at radius 3 is 1.95 bits per heavy atom. The van der Waals surface area contributed by atoms with Gasteiger partial charge in [-0.25, -0.2) is 0 Å². The smallest absolute Gasteiger partial charge is 0.200 e. The molecule has 0 bridgehead atoms. The van der Waals surface area contributed by atoms with Gasteiger partial charge in [0.25, 0.3) is 0 Å². The molecular weight excluding hydrogens is 495 g/mol. The van der Waals surface area contributed by atoms with Crippen LogP contribution in [0.5, 0.6) is 0 Å². The average molecular weight is 537 g/mol. The van der Waals surface area contributed by atoms with E-state index in [4.69, 9.17) is 0 Å². The van der Waals surface area contributed by atoms with E-state index in [0.717, 1.165) is 0 Å². The average Bonchev–Trinajstić information content (AvgIpc) is 2.93. The van der Waals surface area contributed by atoms with Gasteiger partial charge < -0.3 is 9.80 Å². The van der Waals surface area contributed by atoms with Gasteiger partial charge in [0, 0.05) is 28.6 Å². The van der Waals surface area contributed by atoms with E-state index < -0.39 is 0 Å². The molecule has 206 valence electrons. The number of rotatable bonds is 2. The number of fused-ring (bicyclic) bond motifs is 4. The van der Waals surface area contributed by atoms with Gasteiger partial charge in [-0.3, -0.25) is 0 Å². The number of nitrogens with zero attached hydrogens (tertiary/aromatic N) is 2. The third kappa shape index (κ3) is 4.24. The van der Waals surface area contributed by atoms with Gasteiger partial charge in [0.15, 0.2) is 0 Å². The lowest BCUT2D eigenvalue weighted by Crippen LogP contribution is -2.64. The quantitative estimate of drug-likeness (QED) is 0.302. The number of benzene rings is 3. The summed E-state index contributed by atoms with van der Waals surface area (Å²) in [5, 5.41) is 0. The van der Waals surface area contributed by atoms with Crippen LogP contribution in [-0.4, -0.2) is 18.8 Å². The zero-order valence-electron chi connectivity index (χ0n) is 25.5. The van der Waals surface area contributed by atoms with E-state index >= 15 is 0 Å². The Kier molecular flexibility index (Phi) is 6.01. The Balaban J connectivity index is 1.51. The summed E-state index contributed by atoms with van der Waals surface area (Å²) in [6.45, 7) is 16.3. The van der Waals surface area contributed by atoms with Crippen molar-refractivity contribution in [2.75, 3.05) is 9.80 Å². The number of hydrogen-bond donors (Lipinski definition) is 0. The molecule has 1 saturated heterocycles. The Morgan fingerprint density at radius 1 is 0.683 bits per heavy atom. The molecule has 0 saturated carbocycles. The summed E-state index contributed by atoms with van der Waals surface area (Å²) in [6.07, 6.45) is 12.4. The van der Waals surface area contributed by atoms with E-state index in [1.54, 1.807) is 0 Å². The van der Waals surface area contributed by atoms with Crippen LogP contribution in [0, 0.1) is 13.8 Å². The Labute approximate surface area is 246 Å². The fraction of sp³-hybridized carbons (Fsp3) is 0.316. The maximum atomic E-state index is 2.67. The van der Waals surface area contributed by atoms with Crippen LogP contribution in [0.2, 0.25) is 11.6 Å². The fourth-order valence-corrected chi connectivity index (χ4v) is 7.72. The maximum Gasteiger partial charge on any atom is 0.200 e. The molecule has 4 aliphatic rings. The third-order valence-electron chi connectivity index (χ3n) is 9.74. The highest BCUT2D eigenvalue weighted by Crippen LogP contribution is 2.55. The lowest BCUT2D eigenvalue weighted by molar-refractivity contribution is 0.588. The van der Waals surface area contributed by atoms with Gasteiger partial charge in [-0.05, 0) is 80.9 Å². The number of anilines is 3. The number of allylic oxidation sites excluding steroid dienone is 4. The SMILES string of the molecule is CC1=CC2B3c4cc(C(C)(C)C)ccc4N(c4ccc(C)cc4)C4C=C(C)C=C(C34)N(c3ccc(C)cc3)C2C=C1. The molecule has 2 aliphatic carbocycles. The van der Waals surface area contributed by atoms with E-state index in [9.17, 15) is 0 Å². The molecule has 3 heteroatoms. The molecule has 0 spiro atoms. The molecule has 0 amide bonds. The second-order valence-corrected chi connectivity index (χ2v) is 13.8. The van der Waals surface area contributed by atoms with Crippen LogP contribution in [0.25, 0.3) is 0 Å². The summed E-state index contributed by atoms with van der Waals surface area (Å²) >= 11 is 0. The highest BCUT2D eigenvalue weighted by Gasteiger charge is 2.56. The summed E-state index contributed by atoms with van der Waals surface area (Å²) < 4.78 is 0. The minimum Gasteiger partial charge on any atom is -0.339 e. The van der Waals surface area contributed by atoms with Crippen molar-refractivity contribution in [3.63, 3.8) is 0 Å². The monoisotopic (exact) mass is 536 g/mol. The molecule has 41 heavy (non-hydrogen) atoms. The van der Waals surface area contributed by atoms with Gasteiger partial charge in [-0.15, -0.1) is 0 Å². The molecular formula is C38H41BN2. The molecule has 7 rings (SSSR count). The second kappa shape index (κ2) is 9.41. The van der Waals surface area contributed by atoms with Gasteiger partial charge in [-0.2, -0.15) is 0 Å². The van der Waals surface area contributed by atoms with Gasteiger partial charge in [-0.1, -0.05) is 109 Å².